The first-order valence-corrected chi connectivity index (χ1v) is 6.35. The molecular weight excluding hydrogens is 230 g/mol. The maximum absolute atomic E-state index is 11.1. The van der Waals surface area contributed by atoms with Gasteiger partial charge in [0.2, 0.25) is 0 Å². The molecule has 2 rings (SSSR count). The molecule has 0 aliphatic carbocycles. The van der Waals surface area contributed by atoms with E-state index in [0.717, 1.165) is 19.4 Å². The number of anilines is 1. The number of rotatable bonds is 3. The molecule has 2 unspecified atom stereocenters. The van der Waals surface area contributed by atoms with E-state index in [1.165, 1.54) is 0 Å². The Kier molecular flexibility index (Phi) is 3.81. The van der Waals surface area contributed by atoms with Gasteiger partial charge in [-0.15, -0.1) is 0 Å². The van der Waals surface area contributed by atoms with Crippen LogP contribution >= 0.6 is 0 Å². The smallest absolute Gasteiger partial charge is 0.292 e. The van der Waals surface area contributed by atoms with Gasteiger partial charge in [0.15, 0.2) is 0 Å². The van der Waals surface area contributed by atoms with Gasteiger partial charge >= 0.3 is 0 Å². The molecule has 2 atom stereocenters. The number of nitrogens with zero attached hydrogens (tertiary/aromatic N) is 2. The second-order valence-electron chi connectivity index (χ2n) is 4.86. The Bertz CT molecular complexity index is 436. The van der Waals surface area contributed by atoms with Gasteiger partial charge in [-0.25, -0.2) is 0 Å². The van der Waals surface area contributed by atoms with Gasteiger partial charge in [0.1, 0.15) is 5.69 Å². The van der Waals surface area contributed by atoms with Crippen LogP contribution in [0.15, 0.2) is 24.3 Å². The fraction of sp³-hybridized carbons (Fsp3) is 0.538. The molecular formula is C13H19N3O2. The van der Waals surface area contributed by atoms with Gasteiger partial charge in [0.25, 0.3) is 5.69 Å². The highest BCUT2D eigenvalue weighted by molar-refractivity contribution is 5.64. The average Bonchev–Trinajstić information content (AvgIpc) is 2.38. The van der Waals surface area contributed by atoms with Crippen molar-refractivity contribution in [1.82, 2.24) is 0 Å². The zero-order valence-electron chi connectivity index (χ0n) is 10.6. The molecule has 0 bridgehead atoms. The van der Waals surface area contributed by atoms with Crippen molar-refractivity contribution < 1.29 is 4.92 Å². The zero-order chi connectivity index (χ0) is 13.1. The maximum atomic E-state index is 11.1. The Hall–Kier alpha value is -1.62. The number of nitrogens with two attached hydrogens (primary N) is 1. The Morgan fingerprint density at radius 3 is 2.89 bits per heavy atom. The highest BCUT2D eigenvalue weighted by Crippen LogP contribution is 2.34. The highest BCUT2D eigenvalue weighted by Gasteiger charge is 2.30. The van der Waals surface area contributed by atoms with Gasteiger partial charge in [-0.2, -0.15) is 0 Å². The van der Waals surface area contributed by atoms with Crippen LogP contribution in [0.1, 0.15) is 19.8 Å². The summed E-state index contributed by atoms with van der Waals surface area (Å²) in [5.74, 6) is 0.476. The van der Waals surface area contributed by atoms with Gasteiger partial charge in [-0.05, 0) is 24.8 Å². The summed E-state index contributed by atoms with van der Waals surface area (Å²) in [6.07, 6.45) is 2.20. The maximum Gasteiger partial charge on any atom is 0.292 e. The van der Waals surface area contributed by atoms with Crippen LogP contribution in [0.4, 0.5) is 11.4 Å². The van der Waals surface area contributed by atoms with E-state index in [9.17, 15) is 10.1 Å². The minimum Gasteiger partial charge on any atom is -0.361 e. The predicted octanol–water partition coefficient (Wildman–Crippen LogP) is 2.16. The van der Waals surface area contributed by atoms with E-state index in [1.807, 2.05) is 12.1 Å². The molecule has 1 aromatic rings. The number of piperidine rings is 1. The van der Waals surface area contributed by atoms with Gasteiger partial charge < -0.3 is 10.6 Å². The summed E-state index contributed by atoms with van der Waals surface area (Å²) in [5.41, 5.74) is 6.71. The first-order valence-electron chi connectivity index (χ1n) is 6.35. The Morgan fingerprint density at radius 2 is 2.22 bits per heavy atom. The molecule has 0 spiro atoms. The van der Waals surface area contributed by atoms with Gasteiger partial charge in [0, 0.05) is 25.2 Å². The molecule has 0 radical (unpaired) electrons. The monoisotopic (exact) mass is 249 g/mol. The molecule has 1 aliphatic rings. The van der Waals surface area contributed by atoms with Crippen molar-refractivity contribution in [3.8, 4) is 0 Å². The zero-order valence-corrected chi connectivity index (χ0v) is 10.6. The third-order valence-corrected chi connectivity index (χ3v) is 3.75. The summed E-state index contributed by atoms with van der Waals surface area (Å²) in [4.78, 5) is 12.9. The summed E-state index contributed by atoms with van der Waals surface area (Å²) in [7, 11) is 0. The van der Waals surface area contributed by atoms with Crippen LogP contribution in [0.2, 0.25) is 0 Å². The van der Waals surface area contributed by atoms with Gasteiger partial charge in [0.05, 0.1) is 4.92 Å². The number of para-hydroxylation sites is 2. The number of hydrogen-bond acceptors (Lipinski definition) is 4. The fourth-order valence-electron chi connectivity index (χ4n) is 2.77. The molecule has 98 valence electrons. The van der Waals surface area contributed by atoms with Crippen LogP contribution in [0.5, 0.6) is 0 Å². The Labute approximate surface area is 107 Å². The van der Waals surface area contributed by atoms with Crippen LogP contribution in [0.25, 0.3) is 0 Å². The van der Waals surface area contributed by atoms with Crippen LogP contribution < -0.4 is 10.6 Å². The van der Waals surface area contributed by atoms with E-state index in [2.05, 4.69) is 11.8 Å². The van der Waals surface area contributed by atoms with Crippen LogP contribution in [0.3, 0.4) is 0 Å². The molecule has 18 heavy (non-hydrogen) atoms. The molecule has 2 N–H and O–H groups in total. The lowest BCUT2D eigenvalue weighted by atomic mass is 9.90. The van der Waals surface area contributed by atoms with Gasteiger partial charge in [-0.3, -0.25) is 10.1 Å². The lowest BCUT2D eigenvalue weighted by Gasteiger charge is -2.40. The van der Waals surface area contributed by atoms with E-state index >= 15 is 0 Å². The van der Waals surface area contributed by atoms with Crippen LogP contribution in [-0.4, -0.2) is 24.1 Å². The van der Waals surface area contributed by atoms with Crippen molar-refractivity contribution in [1.29, 1.82) is 0 Å². The highest BCUT2D eigenvalue weighted by atomic mass is 16.6. The summed E-state index contributed by atoms with van der Waals surface area (Å²) in [5, 5.41) is 11.1. The molecule has 1 heterocycles. The molecule has 1 aromatic carbocycles. The molecule has 1 saturated heterocycles. The minimum atomic E-state index is -0.317. The molecule has 5 nitrogen and oxygen atoms in total. The Morgan fingerprint density at radius 1 is 1.50 bits per heavy atom. The standard InChI is InChI=1S/C13H19N3O2/c1-10-5-4-8-15(13(10)9-14)11-6-2-3-7-12(11)16(17)18/h2-3,6-7,10,13H,4-5,8-9,14H2,1H3. The second-order valence-corrected chi connectivity index (χ2v) is 4.86. The van der Waals surface area contributed by atoms with Crippen molar-refractivity contribution in [3.63, 3.8) is 0 Å². The number of nitro groups is 1. The molecule has 5 heteroatoms. The number of nitro benzene ring substituents is 1. The summed E-state index contributed by atoms with van der Waals surface area (Å²) in [6.45, 7) is 3.54. The quantitative estimate of drug-likeness (QED) is 0.658. The van der Waals surface area contributed by atoms with Crippen molar-refractivity contribution in [2.45, 2.75) is 25.8 Å². The van der Waals surface area contributed by atoms with Crippen molar-refractivity contribution in [3.05, 3.63) is 34.4 Å². The molecule has 0 saturated carbocycles. The molecule has 0 amide bonds. The second kappa shape index (κ2) is 5.35. The molecule has 0 aromatic heterocycles. The van der Waals surface area contributed by atoms with E-state index in [0.29, 0.717) is 18.2 Å². The summed E-state index contributed by atoms with van der Waals surface area (Å²) < 4.78 is 0. The molecule has 1 fully saturated rings. The average molecular weight is 249 g/mol. The van der Waals surface area contributed by atoms with Crippen LogP contribution in [-0.2, 0) is 0 Å². The van der Waals surface area contributed by atoms with E-state index in [-0.39, 0.29) is 16.7 Å². The van der Waals surface area contributed by atoms with Crippen molar-refractivity contribution >= 4 is 11.4 Å². The topological polar surface area (TPSA) is 72.4 Å². The summed E-state index contributed by atoms with van der Waals surface area (Å²) >= 11 is 0. The largest absolute Gasteiger partial charge is 0.361 e. The first-order chi connectivity index (χ1) is 8.65. The predicted molar refractivity (Wildman–Crippen MR) is 71.7 cm³/mol. The third kappa shape index (κ3) is 2.31. The Balaban J connectivity index is 2.37. The van der Waals surface area contributed by atoms with Crippen LogP contribution in [0, 0.1) is 16.0 Å². The molecule has 1 aliphatic heterocycles. The van der Waals surface area contributed by atoms with E-state index < -0.39 is 0 Å². The minimum absolute atomic E-state index is 0.171. The third-order valence-electron chi connectivity index (χ3n) is 3.75. The summed E-state index contributed by atoms with van der Waals surface area (Å²) in [6, 6.07) is 7.11. The van der Waals surface area contributed by atoms with Gasteiger partial charge in [-0.1, -0.05) is 19.1 Å². The lowest BCUT2D eigenvalue weighted by Crippen LogP contribution is -2.49. The number of benzene rings is 1. The SMILES string of the molecule is CC1CCCN(c2ccccc2[N+](=O)[O-])C1CN. The first kappa shape index (κ1) is 12.8. The van der Waals surface area contributed by atoms with Crippen molar-refractivity contribution in [2.24, 2.45) is 11.7 Å². The van der Waals surface area contributed by atoms with E-state index in [4.69, 9.17) is 5.73 Å². The van der Waals surface area contributed by atoms with E-state index in [1.54, 1.807) is 12.1 Å². The normalized spacial score (nSPS) is 24.0. The number of hydrogen-bond donors (Lipinski definition) is 1. The fourth-order valence-corrected chi connectivity index (χ4v) is 2.77. The lowest BCUT2D eigenvalue weighted by molar-refractivity contribution is -0.384. The van der Waals surface area contributed by atoms with Crippen molar-refractivity contribution in [2.75, 3.05) is 18.0 Å².